The summed E-state index contributed by atoms with van der Waals surface area (Å²) in [5.41, 5.74) is 6.97. The minimum absolute atomic E-state index is 0.0734. The molecule has 0 spiro atoms. The highest BCUT2D eigenvalue weighted by Crippen LogP contribution is 2.39. The standard InChI is InChI=1S/C21H14Cl2FN5O3S/c22-13-3-4-17(14(9-13)12-5-7-26-20(25)8-12)32-18-11-16(24)19(10-15(18)23)33(30,31)29-21-2-1-6-27-28-21/h1-11H,(H2,25,26)(H,28,29). The predicted molar refractivity (Wildman–Crippen MR) is 123 cm³/mol. The minimum Gasteiger partial charge on any atom is -0.455 e. The number of nitrogens with zero attached hydrogens (tertiary/aromatic N) is 3. The van der Waals surface area contributed by atoms with Crippen molar-refractivity contribution in [2.75, 3.05) is 10.5 Å². The highest BCUT2D eigenvalue weighted by Gasteiger charge is 2.23. The summed E-state index contributed by atoms with van der Waals surface area (Å²) in [5, 5.41) is 7.49. The molecule has 0 bridgehead atoms. The predicted octanol–water partition coefficient (Wildman–Crippen LogP) is 5.16. The smallest absolute Gasteiger partial charge is 0.266 e. The number of halogens is 3. The van der Waals surface area contributed by atoms with E-state index < -0.39 is 20.7 Å². The minimum atomic E-state index is -4.32. The summed E-state index contributed by atoms with van der Waals surface area (Å²) in [6.07, 6.45) is 2.89. The summed E-state index contributed by atoms with van der Waals surface area (Å²) in [7, 11) is -4.32. The average molecular weight is 506 g/mol. The number of nitrogens with one attached hydrogen (secondary N) is 1. The van der Waals surface area contributed by atoms with E-state index in [0.29, 0.717) is 21.9 Å². The van der Waals surface area contributed by atoms with E-state index in [1.165, 1.54) is 24.5 Å². The third kappa shape index (κ3) is 5.14. The first-order valence-electron chi connectivity index (χ1n) is 9.22. The van der Waals surface area contributed by atoms with Crippen molar-refractivity contribution >= 4 is 44.9 Å². The average Bonchev–Trinajstić information content (AvgIpc) is 2.77. The lowest BCUT2D eigenvalue weighted by atomic mass is 10.1. The fourth-order valence-electron chi connectivity index (χ4n) is 2.89. The summed E-state index contributed by atoms with van der Waals surface area (Å²) in [4.78, 5) is 3.27. The van der Waals surface area contributed by atoms with Crippen LogP contribution in [0.5, 0.6) is 11.5 Å². The van der Waals surface area contributed by atoms with Gasteiger partial charge in [0.1, 0.15) is 28.0 Å². The van der Waals surface area contributed by atoms with E-state index in [4.69, 9.17) is 33.7 Å². The number of ether oxygens (including phenoxy) is 1. The number of nitrogen functional groups attached to an aromatic ring is 1. The van der Waals surface area contributed by atoms with E-state index in [2.05, 4.69) is 19.9 Å². The number of pyridine rings is 1. The molecule has 2 heterocycles. The molecule has 0 unspecified atom stereocenters. The first kappa shape index (κ1) is 22.7. The molecule has 168 valence electrons. The molecule has 0 aliphatic rings. The summed E-state index contributed by atoms with van der Waals surface area (Å²) in [6, 6.07) is 12.8. The number of nitrogens with two attached hydrogens (primary N) is 1. The molecule has 2 aromatic carbocycles. The molecule has 0 amide bonds. The topological polar surface area (TPSA) is 120 Å². The van der Waals surface area contributed by atoms with E-state index in [0.717, 1.165) is 12.1 Å². The molecule has 2 aromatic heterocycles. The molecular weight excluding hydrogens is 492 g/mol. The molecule has 3 N–H and O–H groups in total. The van der Waals surface area contributed by atoms with Crippen molar-refractivity contribution in [1.29, 1.82) is 0 Å². The van der Waals surface area contributed by atoms with Gasteiger partial charge in [-0.25, -0.2) is 17.8 Å². The van der Waals surface area contributed by atoms with Crippen molar-refractivity contribution in [3.05, 3.63) is 82.9 Å². The highest BCUT2D eigenvalue weighted by molar-refractivity contribution is 7.92. The Kier molecular flexibility index (Phi) is 6.32. The number of anilines is 2. The van der Waals surface area contributed by atoms with Crippen LogP contribution in [0, 0.1) is 5.82 Å². The Morgan fingerprint density at radius 3 is 2.55 bits per heavy atom. The van der Waals surface area contributed by atoms with Gasteiger partial charge in [-0.15, -0.1) is 5.10 Å². The maximum absolute atomic E-state index is 14.8. The van der Waals surface area contributed by atoms with Crippen LogP contribution in [0.1, 0.15) is 0 Å². The van der Waals surface area contributed by atoms with Crippen LogP contribution >= 0.6 is 23.2 Å². The van der Waals surface area contributed by atoms with Crippen LogP contribution in [0.4, 0.5) is 16.0 Å². The van der Waals surface area contributed by atoms with E-state index >= 15 is 0 Å². The van der Waals surface area contributed by atoms with E-state index in [9.17, 15) is 12.8 Å². The van der Waals surface area contributed by atoms with Crippen LogP contribution in [0.2, 0.25) is 10.0 Å². The van der Waals surface area contributed by atoms with Gasteiger partial charge < -0.3 is 10.5 Å². The van der Waals surface area contributed by atoms with Crippen molar-refractivity contribution in [1.82, 2.24) is 15.2 Å². The molecule has 0 fully saturated rings. The first-order valence-corrected chi connectivity index (χ1v) is 11.5. The van der Waals surface area contributed by atoms with Gasteiger partial charge in [-0.3, -0.25) is 4.72 Å². The maximum atomic E-state index is 14.8. The van der Waals surface area contributed by atoms with Gasteiger partial charge in [0.15, 0.2) is 5.82 Å². The lowest BCUT2D eigenvalue weighted by Gasteiger charge is -2.15. The van der Waals surface area contributed by atoms with Gasteiger partial charge in [0, 0.05) is 29.0 Å². The molecule has 4 aromatic rings. The molecule has 8 nitrogen and oxygen atoms in total. The molecule has 33 heavy (non-hydrogen) atoms. The van der Waals surface area contributed by atoms with Gasteiger partial charge in [0.25, 0.3) is 10.0 Å². The molecule has 0 atom stereocenters. The molecule has 0 radical (unpaired) electrons. The van der Waals surface area contributed by atoms with E-state index in [1.54, 1.807) is 30.3 Å². The van der Waals surface area contributed by atoms with Crippen molar-refractivity contribution in [3.63, 3.8) is 0 Å². The fourth-order valence-corrected chi connectivity index (χ4v) is 4.42. The van der Waals surface area contributed by atoms with Crippen molar-refractivity contribution < 1.29 is 17.5 Å². The van der Waals surface area contributed by atoms with Crippen molar-refractivity contribution in [2.45, 2.75) is 4.90 Å². The number of hydrogen-bond donors (Lipinski definition) is 2. The summed E-state index contributed by atoms with van der Waals surface area (Å²) in [5.74, 6) is -0.671. The molecule has 0 aliphatic heterocycles. The Morgan fingerprint density at radius 1 is 1.00 bits per heavy atom. The monoisotopic (exact) mass is 505 g/mol. The fraction of sp³-hybridized carbons (Fsp3) is 0. The molecular formula is C21H14Cl2FN5O3S. The third-order valence-corrected chi connectivity index (χ3v) is 6.24. The number of rotatable bonds is 6. The summed E-state index contributed by atoms with van der Waals surface area (Å²) < 4.78 is 48.0. The Bertz CT molecular complexity index is 1440. The number of sulfonamides is 1. The highest BCUT2D eigenvalue weighted by atomic mass is 35.5. The van der Waals surface area contributed by atoms with Gasteiger partial charge in [-0.2, -0.15) is 5.10 Å². The zero-order valence-electron chi connectivity index (χ0n) is 16.5. The second kappa shape index (κ2) is 9.18. The van der Waals surface area contributed by atoms with Gasteiger partial charge in [-0.05, 0) is 54.1 Å². The summed E-state index contributed by atoms with van der Waals surface area (Å²) >= 11 is 12.4. The second-order valence-corrected chi connectivity index (χ2v) is 9.13. The van der Waals surface area contributed by atoms with Gasteiger partial charge in [-0.1, -0.05) is 23.2 Å². The third-order valence-electron chi connectivity index (χ3n) is 4.34. The van der Waals surface area contributed by atoms with Crippen LogP contribution in [0.15, 0.2) is 71.9 Å². The molecule has 12 heteroatoms. The lowest BCUT2D eigenvalue weighted by Crippen LogP contribution is -2.15. The van der Waals surface area contributed by atoms with Gasteiger partial charge >= 0.3 is 0 Å². The van der Waals surface area contributed by atoms with Crippen LogP contribution in [0.25, 0.3) is 11.1 Å². The SMILES string of the molecule is Nc1cc(-c2cc(Cl)ccc2Oc2cc(F)c(S(=O)(=O)Nc3cccnn3)cc2Cl)ccn1. The zero-order chi connectivity index (χ0) is 23.6. The van der Waals surface area contributed by atoms with E-state index in [1.807, 2.05) is 0 Å². The van der Waals surface area contributed by atoms with Gasteiger partial charge in [0.2, 0.25) is 0 Å². The van der Waals surface area contributed by atoms with E-state index in [-0.39, 0.29) is 22.4 Å². The normalized spacial score (nSPS) is 11.2. The largest absolute Gasteiger partial charge is 0.455 e. The molecule has 0 aliphatic carbocycles. The Balaban J connectivity index is 1.69. The van der Waals surface area contributed by atoms with Crippen molar-refractivity contribution in [3.8, 4) is 22.6 Å². The van der Waals surface area contributed by atoms with Gasteiger partial charge in [0.05, 0.1) is 5.02 Å². The Labute approximate surface area is 198 Å². The van der Waals surface area contributed by atoms with Crippen LogP contribution in [-0.2, 0) is 10.0 Å². The quantitative estimate of drug-likeness (QED) is 0.371. The first-order chi connectivity index (χ1) is 15.7. The number of hydrogen-bond acceptors (Lipinski definition) is 7. The molecule has 0 saturated heterocycles. The number of aromatic nitrogens is 3. The maximum Gasteiger partial charge on any atom is 0.266 e. The Hall–Kier alpha value is -3.47. The zero-order valence-corrected chi connectivity index (χ0v) is 18.9. The summed E-state index contributed by atoms with van der Waals surface area (Å²) in [6.45, 7) is 0. The Morgan fingerprint density at radius 2 is 1.82 bits per heavy atom. The molecule has 4 rings (SSSR count). The van der Waals surface area contributed by atoms with Crippen molar-refractivity contribution in [2.24, 2.45) is 0 Å². The lowest BCUT2D eigenvalue weighted by molar-refractivity contribution is 0.475. The van der Waals surface area contributed by atoms with Crippen LogP contribution < -0.4 is 15.2 Å². The number of benzene rings is 2. The van der Waals surface area contributed by atoms with Crippen LogP contribution in [-0.4, -0.2) is 23.6 Å². The molecule has 0 saturated carbocycles. The second-order valence-electron chi connectivity index (χ2n) is 6.64. The van der Waals surface area contributed by atoms with Crippen LogP contribution in [0.3, 0.4) is 0 Å².